The summed E-state index contributed by atoms with van der Waals surface area (Å²) in [7, 11) is -3.74. The Morgan fingerprint density at radius 2 is 1.90 bits per heavy atom. The Labute approximate surface area is 178 Å². The highest BCUT2D eigenvalue weighted by molar-refractivity contribution is 8.01. The SMILES string of the molecule is CC(C)(C)Nc1nnc(Sc2ccc(S(=O)(=O)N3CCCCC3)cc2[N+](=O)[O-])s1. The summed E-state index contributed by atoms with van der Waals surface area (Å²) >= 11 is 2.39. The second kappa shape index (κ2) is 8.54. The minimum atomic E-state index is -3.74. The fraction of sp³-hybridized carbons (Fsp3) is 0.529. The van der Waals surface area contributed by atoms with Crippen molar-refractivity contribution in [3.05, 3.63) is 28.3 Å². The molecule has 0 atom stereocenters. The zero-order chi connectivity index (χ0) is 21.2. The Kier molecular flexibility index (Phi) is 6.46. The fourth-order valence-corrected chi connectivity index (χ4v) is 6.40. The van der Waals surface area contributed by atoms with Gasteiger partial charge in [0.25, 0.3) is 5.69 Å². The molecule has 1 saturated heterocycles. The van der Waals surface area contributed by atoms with Crippen LogP contribution in [0.3, 0.4) is 0 Å². The number of hydrogen-bond donors (Lipinski definition) is 1. The van der Waals surface area contributed by atoms with E-state index in [1.54, 1.807) is 0 Å². The van der Waals surface area contributed by atoms with Crippen LogP contribution in [0.5, 0.6) is 0 Å². The first kappa shape index (κ1) is 21.9. The number of nitrogens with zero attached hydrogens (tertiary/aromatic N) is 4. The Hall–Kier alpha value is -1.76. The van der Waals surface area contributed by atoms with Gasteiger partial charge in [0.2, 0.25) is 15.2 Å². The number of nitro groups is 1. The monoisotopic (exact) mass is 457 g/mol. The molecule has 29 heavy (non-hydrogen) atoms. The van der Waals surface area contributed by atoms with Gasteiger partial charge in [0.15, 0.2) is 4.34 Å². The van der Waals surface area contributed by atoms with Crippen LogP contribution in [0.15, 0.2) is 32.3 Å². The molecule has 0 amide bonds. The molecule has 158 valence electrons. The van der Waals surface area contributed by atoms with Gasteiger partial charge in [-0.25, -0.2) is 8.42 Å². The van der Waals surface area contributed by atoms with Gasteiger partial charge in [-0.05, 0) is 57.5 Å². The Bertz CT molecular complexity index is 995. The predicted octanol–water partition coefficient (Wildman–Crippen LogP) is 3.98. The zero-order valence-electron chi connectivity index (χ0n) is 16.4. The lowest BCUT2D eigenvalue weighted by atomic mass is 10.1. The van der Waals surface area contributed by atoms with Crippen LogP contribution < -0.4 is 5.32 Å². The van der Waals surface area contributed by atoms with Crippen LogP contribution in [0.2, 0.25) is 0 Å². The molecule has 1 aromatic carbocycles. The minimum Gasteiger partial charge on any atom is -0.355 e. The number of benzene rings is 1. The number of piperidine rings is 1. The van der Waals surface area contributed by atoms with Crippen molar-refractivity contribution in [2.45, 2.75) is 59.7 Å². The third-order valence-electron chi connectivity index (χ3n) is 4.17. The van der Waals surface area contributed by atoms with Gasteiger partial charge in [0.05, 0.1) is 14.7 Å². The summed E-state index contributed by atoms with van der Waals surface area (Å²) in [5, 5.41) is 23.5. The molecule has 1 aliphatic rings. The quantitative estimate of drug-likeness (QED) is 0.511. The summed E-state index contributed by atoms with van der Waals surface area (Å²) in [5.41, 5.74) is -0.439. The van der Waals surface area contributed by atoms with E-state index in [2.05, 4.69) is 15.5 Å². The highest BCUT2D eigenvalue weighted by Gasteiger charge is 2.29. The maximum atomic E-state index is 12.8. The van der Waals surface area contributed by atoms with Crippen molar-refractivity contribution in [1.29, 1.82) is 0 Å². The molecule has 1 aliphatic heterocycles. The maximum absolute atomic E-state index is 12.8. The molecule has 0 radical (unpaired) electrons. The molecule has 9 nitrogen and oxygen atoms in total. The molecule has 0 saturated carbocycles. The maximum Gasteiger partial charge on any atom is 0.284 e. The summed E-state index contributed by atoms with van der Waals surface area (Å²) in [5.74, 6) is 0. The van der Waals surface area contributed by atoms with E-state index in [0.29, 0.717) is 27.5 Å². The van der Waals surface area contributed by atoms with Gasteiger partial charge >= 0.3 is 0 Å². The molecular weight excluding hydrogens is 434 g/mol. The first-order chi connectivity index (χ1) is 13.6. The van der Waals surface area contributed by atoms with Crippen molar-refractivity contribution in [2.75, 3.05) is 18.4 Å². The molecule has 2 heterocycles. The largest absolute Gasteiger partial charge is 0.355 e. The Morgan fingerprint density at radius 1 is 1.21 bits per heavy atom. The molecule has 1 N–H and O–H groups in total. The Balaban J connectivity index is 1.86. The van der Waals surface area contributed by atoms with Gasteiger partial charge in [-0.1, -0.05) is 17.8 Å². The van der Waals surface area contributed by atoms with Crippen LogP contribution >= 0.6 is 23.1 Å². The van der Waals surface area contributed by atoms with E-state index < -0.39 is 14.9 Å². The fourth-order valence-electron chi connectivity index (χ4n) is 2.86. The molecule has 1 aromatic heterocycles. The molecule has 3 rings (SSSR count). The lowest BCUT2D eigenvalue weighted by Gasteiger charge is -2.25. The van der Waals surface area contributed by atoms with E-state index in [1.807, 2.05) is 20.8 Å². The van der Waals surface area contributed by atoms with E-state index in [0.717, 1.165) is 37.1 Å². The summed E-state index contributed by atoms with van der Waals surface area (Å²) in [6.45, 7) is 6.87. The van der Waals surface area contributed by atoms with Crippen molar-refractivity contribution in [3.63, 3.8) is 0 Å². The highest BCUT2D eigenvalue weighted by atomic mass is 32.2. The lowest BCUT2D eigenvalue weighted by Crippen LogP contribution is -2.35. The highest BCUT2D eigenvalue weighted by Crippen LogP contribution is 2.39. The van der Waals surface area contributed by atoms with E-state index in [1.165, 1.54) is 27.8 Å². The van der Waals surface area contributed by atoms with Crippen molar-refractivity contribution in [3.8, 4) is 0 Å². The van der Waals surface area contributed by atoms with Gasteiger partial charge in [-0.2, -0.15) is 4.31 Å². The first-order valence-electron chi connectivity index (χ1n) is 9.14. The van der Waals surface area contributed by atoms with Crippen molar-refractivity contribution in [2.24, 2.45) is 0 Å². The summed E-state index contributed by atoms with van der Waals surface area (Å²) in [4.78, 5) is 11.3. The molecule has 0 bridgehead atoms. The van der Waals surface area contributed by atoms with Gasteiger partial charge in [0.1, 0.15) is 0 Å². The van der Waals surface area contributed by atoms with Crippen molar-refractivity contribution < 1.29 is 13.3 Å². The van der Waals surface area contributed by atoms with Gasteiger partial charge in [-0.3, -0.25) is 10.1 Å². The van der Waals surface area contributed by atoms with E-state index in [-0.39, 0.29) is 16.1 Å². The number of anilines is 1. The molecule has 1 fully saturated rings. The average molecular weight is 458 g/mol. The molecule has 2 aromatic rings. The van der Waals surface area contributed by atoms with Gasteiger partial charge in [0, 0.05) is 24.7 Å². The lowest BCUT2D eigenvalue weighted by molar-refractivity contribution is -0.388. The molecule has 12 heteroatoms. The number of sulfonamides is 1. The van der Waals surface area contributed by atoms with Crippen LogP contribution in [0.1, 0.15) is 40.0 Å². The molecular formula is C17H23N5O4S3. The standard InChI is InChI=1S/C17H23N5O4S3/c1-17(2,3)18-15-19-20-16(28-15)27-14-8-7-12(11-13(14)22(23)24)29(25,26)21-9-5-4-6-10-21/h7-8,11H,4-6,9-10H2,1-3H3,(H,18,19). The second-order valence-corrected chi connectivity index (χ2v) is 11.9. The van der Waals surface area contributed by atoms with Gasteiger partial charge in [-0.15, -0.1) is 10.2 Å². The van der Waals surface area contributed by atoms with Gasteiger partial charge < -0.3 is 5.32 Å². The predicted molar refractivity (Wildman–Crippen MR) is 113 cm³/mol. The van der Waals surface area contributed by atoms with Crippen LogP contribution in [0, 0.1) is 10.1 Å². The summed E-state index contributed by atoms with van der Waals surface area (Å²) < 4.78 is 27.6. The minimum absolute atomic E-state index is 0.0530. The summed E-state index contributed by atoms with van der Waals surface area (Å²) in [6, 6.07) is 4.04. The number of nitrogens with one attached hydrogen (secondary N) is 1. The van der Waals surface area contributed by atoms with Crippen LogP contribution in [0.4, 0.5) is 10.8 Å². The number of nitro benzene ring substituents is 1. The first-order valence-corrected chi connectivity index (χ1v) is 12.2. The topological polar surface area (TPSA) is 118 Å². The third kappa shape index (κ3) is 5.44. The van der Waals surface area contributed by atoms with E-state index in [9.17, 15) is 18.5 Å². The number of hydrogen-bond acceptors (Lipinski definition) is 9. The molecule has 0 aliphatic carbocycles. The van der Waals surface area contributed by atoms with Crippen molar-refractivity contribution >= 4 is 43.9 Å². The van der Waals surface area contributed by atoms with E-state index >= 15 is 0 Å². The smallest absolute Gasteiger partial charge is 0.284 e. The number of aromatic nitrogens is 2. The number of rotatable bonds is 6. The Morgan fingerprint density at radius 3 is 2.52 bits per heavy atom. The van der Waals surface area contributed by atoms with Crippen molar-refractivity contribution in [1.82, 2.24) is 14.5 Å². The third-order valence-corrected chi connectivity index (χ3v) is 8.01. The average Bonchev–Trinajstić information content (AvgIpc) is 3.07. The van der Waals surface area contributed by atoms with Crippen LogP contribution in [0.25, 0.3) is 0 Å². The van der Waals surface area contributed by atoms with Crippen LogP contribution in [-0.2, 0) is 10.0 Å². The summed E-state index contributed by atoms with van der Waals surface area (Å²) in [6.07, 6.45) is 2.60. The normalized spacial score (nSPS) is 16.0. The van der Waals surface area contributed by atoms with E-state index in [4.69, 9.17) is 0 Å². The second-order valence-electron chi connectivity index (χ2n) is 7.70. The zero-order valence-corrected chi connectivity index (χ0v) is 18.9. The molecule has 0 spiro atoms. The molecule has 0 unspecified atom stereocenters. The van der Waals surface area contributed by atoms with Crippen LogP contribution in [-0.4, -0.2) is 46.5 Å².